The van der Waals surface area contributed by atoms with Crippen molar-refractivity contribution in [2.24, 2.45) is 0 Å². The Bertz CT molecular complexity index is 959. The van der Waals surface area contributed by atoms with Gasteiger partial charge in [0.2, 0.25) is 0 Å². The van der Waals surface area contributed by atoms with E-state index in [1.165, 1.54) is 0 Å². The minimum Gasteiger partial charge on any atom is -0.361 e. The molecule has 0 saturated carbocycles. The number of H-pyrrole nitrogens is 1. The second-order valence-electron chi connectivity index (χ2n) is 5.36. The van der Waals surface area contributed by atoms with E-state index in [0.717, 1.165) is 33.7 Å². The van der Waals surface area contributed by atoms with Gasteiger partial charge in [0.25, 0.3) is 0 Å². The number of anilines is 2. The average Bonchev–Trinajstić information content (AvgIpc) is 3.03. The number of hydrogen-bond acceptors (Lipinski definition) is 4. The first kappa shape index (κ1) is 13.5. The normalized spacial score (nSPS) is 10.8. The summed E-state index contributed by atoms with van der Waals surface area (Å²) in [4.78, 5) is 16.4. The lowest BCUT2D eigenvalue weighted by Gasteiger charge is -2.09. The van der Waals surface area contributed by atoms with E-state index in [9.17, 15) is 0 Å². The van der Waals surface area contributed by atoms with E-state index in [-0.39, 0.29) is 0 Å². The number of rotatable bonds is 3. The lowest BCUT2D eigenvalue weighted by atomic mass is 10.2. The second-order valence-corrected chi connectivity index (χ2v) is 5.36. The van der Waals surface area contributed by atoms with E-state index in [4.69, 9.17) is 0 Å². The number of fused-ring (bicyclic) bond motifs is 1. The standard InChI is InChI=1S/C18H15N5/c1-12-9-17(23-18(21-12)14-3-2-7-19-11-14)22-15-4-5-16-13(10-15)6-8-20-16/h2-11,20H,1H3,(H,21,22,23). The van der Waals surface area contributed by atoms with Crippen LogP contribution in [-0.2, 0) is 0 Å². The number of aromatic amines is 1. The summed E-state index contributed by atoms with van der Waals surface area (Å²) in [6.07, 6.45) is 5.44. The summed E-state index contributed by atoms with van der Waals surface area (Å²) >= 11 is 0. The van der Waals surface area contributed by atoms with Crippen LogP contribution in [0.4, 0.5) is 11.5 Å². The van der Waals surface area contributed by atoms with Crippen molar-refractivity contribution in [2.45, 2.75) is 6.92 Å². The third kappa shape index (κ3) is 2.76. The molecule has 0 aliphatic carbocycles. The zero-order chi connectivity index (χ0) is 15.6. The average molecular weight is 301 g/mol. The van der Waals surface area contributed by atoms with E-state index < -0.39 is 0 Å². The van der Waals surface area contributed by atoms with Crippen LogP contribution in [0.1, 0.15) is 5.69 Å². The molecule has 0 unspecified atom stereocenters. The Hall–Kier alpha value is -3.21. The maximum absolute atomic E-state index is 4.60. The van der Waals surface area contributed by atoms with Gasteiger partial charge in [0.15, 0.2) is 5.82 Å². The molecule has 0 aliphatic rings. The van der Waals surface area contributed by atoms with Gasteiger partial charge in [0, 0.05) is 52.5 Å². The fourth-order valence-corrected chi connectivity index (χ4v) is 2.54. The van der Waals surface area contributed by atoms with Crippen molar-refractivity contribution in [3.05, 3.63) is 66.7 Å². The maximum Gasteiger partial charge on any atom is 0.163 e. The summed E-state index contributed by atoms with van der Waals surface area (Å²) in [5, 5.41) is 4.51. The van der Waals surface area contributed by atoms with Gasteiger partial charge >= 0.3 is 0 Å². The third-order valence-corrected chi connectivity index (χ3v) is 3.60. The molecular formula is C18H15N5. The van der Waals surface area contributed by atoms with Crippen molar-refractivity contribution >= 4 is 22.4 Å². The molecule has 1 aromatic carbocycles. The molecule has 0 saturated heterocycles. The van der Waals surface area contributed by atoms with Crippen LogP contribution < -0.4 is 5.32 Å². The fourth-order valence-electron chi connectivity index (χ4n) is 2.54. The van der Waals surface area contributed by atoms with Gasteiger partial charge in [-0.25, -0.2) is 9.97 Å². The van der Waals surface area contributed by atoms with Gasteiger partial charge < -0.3 is 10.3 Å². The molecule has 0 aliphatic heterocycles. The van der Waals surface area contributed by atoms with E-state index >= 15 is 0 Å². The minimum absolute atomic E-state index is 0.670. The first-order chi connectivity index (χ1) is 11.3. The molecule has 4 rings (SSSR count). The summed E-state index contributed by atoms with van der Waals surface area (Å²) in [7, 11) is 0. The van der Waals surface area contributed by atoms with Crippen LogP contribution >= 0.6 is 0 Å². The molecule has 23 heavy (non-hydrogen) atoms. The molecule has 0 fully saturated rings. The van der Waals surface area contributed by atoms with Crippen molar-refractivity contribution in [1.29, 1.82) is 0 Å². The van der Waals surface area contributed by atoms with Crippen LogP contribution in [0.25, 0.3) is 22.3 Å². The summed E-state index contributed by atoms with van der Waals surface area (Å²) in [5.74, 6) is 1.44. The Balaban J connectivity index is 1.69. The summed E-state index contributed by atoms with van der Waals surface area (Å²) < 4.78 is 0. The van der Waals surface area contributed by atoms with Crippen LogP contribution in [0.2, 0.25) is 0 Å². The maximum atomic E-state index is 4.60. The Labute approximate surface area is 133 Å². The number of nitrogens with zero attached hydrogens (tertiary/aromatic N) is 3. The molecule has 3 aromatic heterocycles. The van der Waals surface area contributed by atoms with Crippen LogP contribution in [0, 0.1) is 6.92 Å². The van der Waals surface area contributed by atoms with Gasteiger partial charge in [-0.2, -0.15) is 0 Å². The lowest BCUT2D eigenvalue weighted by Crippen LogP contribution is -1.99. The predicted molar refractivity (Wildman–Crippen MR) is 91.6 cm³/mol. The highest BCUT2D eigenvalue weighted by Crippen LogP contribution is 2.23. The van der Waals surface area contributed by atoms with Crippen molar-refractivity contribution in [1.82, 2.24) is 19.9 Å². The molecule has 0 bridgehead atoms. The van der Waals surface area contributed by atoms with E-state index in [1.807, 2.05) is 49.5 Å². The SMILES string of the molecule is Cc1cc(Nc2ccc3[nH]ccc3c2)nc(-c2cccnc2)n1. The van der Waals surface area contributed by atoms with Crippen LogP contribution in [0.3, 0.4) is 0 Å². The van der Waals surface area contributed by atoms with Gasteiger partial charge in [-0.1, -0.05) is 0 Å². The lowest BCUT2D eigenvalue weighted by molar-refractivity contribution is 1.11. The number of nitrogens with one attached hydrogen (secondary N) is 2. The predicted octanol–water partition coefficient (Wildman–Crippen LogP) is 4.07. The molecule has 4 aromatic rings. The summed E-state index contributed by atoms with van der Waals surface area (Å²) in [5.41, 5.74) is 3.92. The number of pyridine rings is 1. The number of hydrogen-bond donors (Lipinski definition) is 2. The van der Waals surface area contributed by atoms with Crippen molar-refractivity contribution in [2.75, 3.05) is 5.32 Å². The highest BCUT2D eigenvalue weighted by molar-refractivity contribution is 5.83. The zero-order valence-corrected chi connectivity index (χ0v) is 12.6. The van der Waals surface area contributed by atoms with Crippen molar-refractivity contribution in [3.8, 4) is 11.4 Å². The molecule has 0 radical (unpaired) electrons. The quantitative estimate of drug-likeness (QED) is 0.598. The largest absolute Gasteiger partial charge is 0.361 e. The fraction of sp³-hybridized carbons (Fsp3) is 0.0556. The first-order valence-electron chi connectivity index (χ1n) is 7.38. The van der Waals surface area contributed by atoms with Gasteiger partial charge in [0.05, 0.1) is 0 Å². The van der Waals surface area contributed by atoms with Crippen LogP contribution in [-0.4, -0.2) is 19.9 Å². The number of benzene rings is 1. The molecule has 0 atom stereocenters. The Morgan fingerprint density at radius 3 is 2.87 bits per heavy atom. The number of aryl methyl sites for hydroxylation is 1. The van der Waals surface area contributed by atoms with E-state index in [1.54, 1.807) is 12.4 Å². The van der Waals surface area contributed by atoms with Gasteiger partial charge in [-0.3, -0.25) is 4.98 Å². The molecular weight excluding hydrogens is 286 g/mol. The van der Waals surface area contributed by atoms with Gasteiger partial charge in [-0.15, -0.1) is 0 Å². The Kier molecular flexibility index (Phi) is 3.24. The highest BCUT2D eigenvalue weighted by atomic mass is 15.0. The van der Waals surface area contributed by atoms with Crippen molar-refractivity contribution in [3.63, 3.8) is 0 Å². The highest BCUT2D eigenvalue weighted by Gasteiger charge is 2.06. The van der Waals surface area contributed by atoms with E-state index in [0.29, 0.717) is 5.82 Å². The summed E-state index contributed by atoms with van der Waals surface area (Å²) in [6, 6.07) is 14.0. The van der Waals surface area contributed by atoms with Gasteiger partial charge in [-0.05, 0) is 43.3 Å². The van der Waals surface area contributed by atoms with Crippen LogP contribution in [0.5, 0.6) is 0 Å². The molecule has 5 heteroatoms. The first-order valence-corrected chi connectivity index (χ1v) is 7.38. The number of aromatic nitrogens is 4. The smallest absolute Gasteiger partial charge is 0.163 e. The zero-order valence-electron chi connectivity index (χ0n) is 12.6. The monoisotopic (exact) mass is 301 g/mol. The minimum atomic E-state index is 0.670. The summed E-state index contributed by atoms with van der Waals surface area (Å²) in [6.45, 7) is 1.96. The molecule has 0 spiro atoms. The molecule has 0 amide bonds. The van der Waals surface area contributed by atoms with Gasteiger partial charge in [0.1, 0.15) is 5.82 Å². The molecule has 3 heterocycles. The second kappa shape index (κ2) is 5.53. The van der Waals surface area contributed by atoms with Crippen LogP contribution in [0.15, 0.2) is 61.1 Å². The van der Waals surface area contributed by atoms with Crippen molar-refractivity contribution < 1.29 is 0 Å². The third-order valence-electron chi connectivity index (χ3n) is 3.60. The Morgan fingerprint density at radius 1 is 1.04 bits per heavy atom. The van der Waals surface area contributed by atoms with E-state index in [2.05, 4.69) is 31.3 Å². The Morgan fingerprint density at radius 2 is 2.00 bits per heavy atom. The topological polar surface area (TPSA) is 66.5 Å². The molecule has 112 valence electrons. The molecule has 5 nitrogen and oxygen atoms in total. The molecule has 2 N–H and O–H groups in total.